The van der Waals surface area contributed by atoms with Crippen molar-refractivity contribution in [3.05, 3.63) is 77.3 Å². The lowest BCUT2D eigenvalue weighted by Gasteiger charge is -2.26. The fourth-order valence-electron chi connectivity index (χ4n) is 3.49. The van der Waals surface area contributed by atoms with Crippen LogP contribution in [0.5, 0.6) is 0 Å². The summed E-state index contributed by atoms with van der Waals surface area (Å²) in [5.74, 6) is 0.635. The molecule has 0 spiro atoms. The van der Waals surface area contributed by atoms with Crippen LogP contribution in [0.3, 0.4) is 0 Å². The lowest BCUT2D eigenvalue weighted by atomic mass is 10.1. The Labute approximate surface area is 208 Å². The minimum Gasteiger partial charge on any atom is -0.370 e. The summed E-state index contributed by atoms with van der Waals surface area (Å²) in [4.78, 5) is 14.4. The maximum atomic E-state index is 6.09. The van der Waals surface area contributed by atoms with Crippen molar-refractivity contribution in [3.8, 4) is 0 Å². The van der Waals surface area contributed by atoms with Crippen LogP contribution in [0.25, 0.3) is 5.70 Å². The molecule has 178 valence electrons. The molecule has 0 aliphatic carbocycles. The van der Waals surface area contributed by atoms with Gasteiger partial charge in [0.2, 0.25) is 5.28 Å². The van der Waals surface area contributed by atoms with E-state index in [1.807, 2.05) is 18.2 Å². The molecule has 0 fully saturated rings. The van der Waals surface area contributed by atoms with Crippen LogP contribution >= 0.6 is 23.2 Å². The number of H-pyrrole nitrogens is 1. The maximum absolute atomic E-state index is 6.09. The molecule has 0 unspecified atom stereocenters. The number of aliphatic imine (C=N–C) groups is 1. The maximum Gasteiger partial charge on any atom is 0.202 e. The Hall–Kier alpha value is -2.50. The number of aromatic amines is 1. The second kappa shape index (κ2) is 13.9. The standard InChI is InChI=1S/C26H35Cl2N5/c1-6-8-14-33(21(5)24-25(29-7-2)32-26(28)31-24)15-10-11-19(3)18-30-20(4)16-22-12-9-13-23(27)17-22/h7,9,12-13,17,29H,2-3,5-6,8,10-11,14-16,18H2,1,4H3,(H,31,32). The van der Waals surface area contributed by atoms with Crippen molar-refractivity contribution in [3.63, 3.8) is 0 Å². The predicted octanol–water partition coefficient (Wildman–Crippen LogP) is 7.38. The zero-order chi connectivity index (χ0) is 24.2. The predicted molar refractivity (Wildman–Crippen MR) is 144 cm³/mol. The first-order chi connectivity index (χ1) is 15.8. The summed E-state index contributed by atoms with van der Waals surface area (Å²) in [6, 6.07) is 7.90. The third-order valence-electron chi connectivity index (χ3n) is 5.25. The van der Waals surface area contributed by atoms with Crippen LogP contribution in [0.2, 0.25) is 10.3 Å². The summed E-state index contributed by atoms with van der Waals surface area (Å²) in [6.07, 6.45) is 6.45. The number of rotatable bonds is 15. The van der Waals surface area contributed by atoms with Crippen molar-refractivity contribution in [1.29, 1.82) is 0 Å². The van der Waals surface area contributed by atoms with Crippen LogP contribution < -0.4 is 5.32 Å². The number of unbranched alkanes of at least 4 members (excludes halogenated alkanes) is 1. The van der Waals surface area contributed by atoms with Gasteiger partial charge >= 0.3 is 0 Å². The van der Waals surface area contributed by atoms with Crippen molar-refractivity contribution in [2.24, 2.45) is 4.99 Å². The first-order valence-corrected chi connectivity index (χ1v) is 12.1. The molecule has 1 heterocycles. The second-order valence-corrected chi connectivity index (χ2v) is 8.89. The Morgan fingerprint density at radius 1 is 1.24 bits per heavy atom. The molecular formula is C26H35Cl2N5. The van der Waals surface area contributed by atoms with Crippen molar-refractivity contribution < 1.29 is 0 Å². The van der Waals surface area contributed by atoms with E-state index in [-0.39, 0.29) is 0 Å². The molecule has 0 amide bonds. The van der Waals surface area contributed by atoms with Gasteiger partial charge in [-0.3, -0.25) is 4.99 Å². The lowest BCUT2D eigenvalue weighted by molar-refractivity contribution is 0.380. The lowest BCUT2D eigenvalue weighted by Crippen LogP contribution is -2.25. The van der Waals surface area contributed by atoms with Gasteiger partial charge in [0.1, 0.15) is 5.69 Å². The first-order valence-electron chi connectivity index (χ1n) is 11.3. The fourth-order valence-corrected chi connectivity index (χ4v) is 3.88. The molecule has 7 heteroatoms. The van der Waals surface area contributed by atoms with Gasteiger partial charge in [0.05, 0.1) is 12.2 Å². The van der Waals surface area contributed by atoms with Crippen molar-refractivity contribution in [2.75, 3.05) is 25.0 Å². The molecule has 0 atom stereocenters. The van der Waals surface area contributed by atoms with Crippen LogP contribution in [-0.2, 0) is 6.42 Å². The van der Waals surface area contributed by atoms with Crippen LogP contribution in [0, 0.1) is 0 Å². The van der Waals surface area contributed by atoms with Crippen molar-refractivity contribution in [2.45, 2.75) is 46.0 Å². The van der Waals surface area contributed by atoms with Gasteiger partial charge in [-0.2, -0.15) is 4.98 Å². The van der Waals surface area contributed by atoms with E-state index in [0.717, 1.165) is 72.9 Å². The van der Waals surface area contributed by atoms with E-state index in [2.05, 4.69) is 59.8 Å². The van der Waals surface area contributed by atoms with Gasteiger partial charge in [-0.15, -0.1) is 0 Å². The smallest absolute Gasteiger partial charge is 0.202 e. The van der Waals surface area contributed by atoms with Crippen LogP contribution in [0.1, 0.15) is 50.8 Å². The zero-order valence-electron chi connectivity index (χ0n) is 19.8. The van der Waals surface area contributed by atoms with Crippen molar-refractivity contribution >= 4 is 40.4 Å². The Balaban J connectivity index is 1.89. The number of halogens is 2. The number of nitrogens with zero attached hydrogens (tertiary/aromatic N) is 3. The molecule has 2 aromatic rings. The average molecular weight is 489 g/mol. The molecule has 2 N–H and O–H groups in total. The number of imidazole rings is 1. The van der Waals surface area contributed by atoms with E-state index in [1.54, 1.807) is 6.20 Å². The van der Waals surface area contributed by atoms with Gasteiger partial charge < -0.3 is 15.2 Å². The van der Waals surface area contributed by atoms with E-state index in [1.165, 1.54) is 5.56 Å². The SMILES string of the molecule is C=CNc1nc(Cl)[nH]c1C(=C)N(CCCC)CCCC(=C)CN=C(C)Cc1cccc(Cl)c1. The van der Waals surface area contributed by atoms with E-state index >= 15 is 0 Å². The third-order valence-corrected chi connectivity index (χ3v) is 5.66. The normalized spacial score (nSPS) is 11.3. The molecule has 0 bridgehead atoms. The van der Waals surface area contributed by atoms with Gasteiger partial charge in [-0.05, 0) is 61.7 Å². The van der Waals surface area contributed by atoms with Gasteiger partial charge in [-0.25, -0.2) is 0 Å². The fraction of sp³-hybridized carbons (Fsp3) is 0.385. The highest BCUT2D eigenvalue weighted by Gasteiger charge is 2.17. The van der Waals surface area contributed by atoms with E-state index in [4.69, 9.17) is 28.2 Å². The first kappa shape index (κ1) is 26.7. The monoisotopic (exact) mass is 487 g/mol. The Bertz CT molecular complexity index is 977. The number of anilines is 1. The molecule has 1 aromatic carbocycles. The minimum absolute atomic E-state index is 0.324. The summed E-state index contributed by atoms with van der Waals surface area (Å²) >= 11 is 12.2. The Kier molecular flexibility index (Phi) is 11.3. The molecule has 5 nitrogen and oxygen atoms in total. The number of aromatic nitrogens is 2. The summed E-state index contributed by atoms with van der Waals surface area (Å²) < 4.78 is 0. The topological polar surface area (TPSA) is 56.3 Å². The quantitative estimate of drug-likeness (QED) is 0.203. The van der Waals surface area contributed by atoms with Gasteiger partial charge in [0.25, 0.3) is 0 Å². The molecule has 1 aromatic heterocycles. The molecule has 0 aliphatic heterocycles. The number of hydrogen-bond acceptors (Lipinski definition) is 4. The van der Waals surface area contributed by atoms with Crippen LogP contribution in [0.4, 0.5) is 5.82 Å². The van der Waals surface area contributed by atoms with E-state index in [9.17, 15) is 0 Å². The number of benzene rings is 1. The molecule has 0 saturated heterocycles. The summed E-state index contributed by atoms with van der Waals surface area (Å²) in [5, 5.41) is 4.10. The third kappa shape index (κ3) is 9.10. The van der Waals surface area contributed by atoms with Gasteiger partial charge in [-0.1, -0.05) is 62.4 Å². The van der Waals surface area contributed by atoms with E-state index < -0.39 is 0 Å². The number of hydrogen-bond donors (Lipinski definition) is 2. The molecule has 0 aliphatic rings. The highest BCUT2D eigenvalue weighted by atomic mass is 35.5. The van der Waals surface area contributed by atoms with Crippen LogP contribution in [0.15, 0.2) is 60.8 Å². The van der Waals surface area contributed by atoms with Gasteiger partial charge in [0.15, 0.2) is 5.82 Å². The molecule has 0 radical (unpaired) electrons. The molecule has 2 rings (SSSR count). The highest BCUT2D eigenvalue weighted by molar-refractivity contribution is 6.30. The van der Waals surface area contributed by atoms with Crippen molar-refractivity contribution in [1.82, 2.24) is 14.9 Å². The Morgan fingerprint density at radius 3 is 2.70 bits per heavy atom. The van der Waals surface area contributed by atoms with E-state index in [0.29, 0.717) is 17.6 Å². The zero-order valence-corrected chi connectivity index (χ0v) is 21.3. The highest BCUT2D eigenvalue weighted by Crippen LogP contribution is 2.26. The average Bonchev–Trinajstić information content (AvgIpc) is 3.14. The summed E-state index contributed by atoms with van der Waals surface area (Å²) in [6.45, 7) is 18.9. The molecular weight excluding hydrogens is 453 g/mol. The Morgan fingerprint density at radius 2 is 2.00 bits per heavy atom. The van der Waals surface area contributed by atoms with Gasteiger partial charge in [0, 0.05) is 30.2 Å². The summed E-state index contributed by atoms with van der Waals surface area (Å²) in [7, 11) is 0. The summed E-state index contributed by atoms with van der Waals surface area (Å²) in [5.41, 5.74) is 5.03. The minimum atomic E-state index is 0.324. The molecule has 33 heavy (non-hydrogen) atoms. The number of nitrogens with one attached hydrogen (secondary N) is 2. The second-order valence-electron chi connectivity index (χ2n) is 8.10. The molecule has 0 saturated carbocycles. The van der Waals surface area contributed by atoms with Crippen LogP contribution in [-0.4, -0.2) is 40.2 Å². The largest absolute Gasteiger partial charge is 0.370 e.